The Morgan fingerprint density at radius 3 is 2.75 bits per heavy atom. The van der Waals surface area contributed by atoms with Crippen molar-refractivity contribution in [1.82, 2.24) is 4.90 Å². The molecule has 4 nitrogen and oxygen atoms in total. The molecule has 0 saturated carbocycles. The number of piperidine rings is 1. The van der Waals surface area contributed by atoms with Crippen LogP contribution in [0.3, 0.4) is 0 Å². The van der Waals surface area contributed by atoms with E-state index in [1.807, 2.05) is 6.92 Å². The van der Waals surface area contributed by atoms with Gasteiger partial charge in [0.05, 0.1) is 5.75 Å². The first kappa shape index (κ1) is 13.2. The van der Waals surface area contributed by atoms with Crippen LogP contribution in [0.1, 0.15) is 26.2 Å². The molecule has 1 rings (SSSR count). The van der Waals surface area contributed by atoms with Crippen LogP contribution in [-0.4, -0.2) is 43.3 Å². The largest absolute Gasteiger partial charge is 0.339 e. The highest BCUT2D eigenvalue weighted by Crippen LogP contribution is 2.16. The summed E-state index contributed by atoms with van der Waals surface area (Å²) < 4.78 is 22.9. The minimum Gasteiger partial charge on any atom is -0.339 e. The highest BCUT2D eigenvalue weighted by molar-refractivity contribution is 7.92. The summed E-state index contributed by atoms with van der Waals surface area (Å²) in [6.07, 6.45) is 4.37. The monoisotopic (exact) mass is 245 g/mol. The number of sulfone groups is 1. The van der Waals surface area contributed by atoms with E-state index in [0.717, 1.165) is 19.3 Å². The number of amides is 1. The highest BCUT2D eigenvalue weighted by atomic mass is 32.2. The molecule has 1 amide bonds. The average Bonchev–Trinajstić information content (AvgIpc) is 2.17. The molecule has 0 aromatic carbocycles. The molecule has 0 aliphatic carbocycles. The van der Waals surface area contributed by atoms with Crippen LogP contribution >= 0.6 is 0 Å². The van der Waals surface area contributed by atoms with Crippen molar-refractivity contribution in [3.63, 3.8) is 0 Å². The fourth-order valence-corrected chi connectivity index (χ4v) is 3.00. The second kappa shape index (κ2) is 5.48. The maximum atomic E-state index is 11.8. The summed E-state index contributed by atoms with van der Waals surface area (Å²) in [5.74, 6) is -0.779. The predicted molar refractivity (Wildman–Crippen MR) is 63.9 cm³/mol. The van der Waals surface area contributed by atoms with Crippen LogP contribution in [0.4, 0.5) is 0 Å². The zero-order valence-corrected chi connectivity index (χ0v) is 10.5. The fraction of sp³-hybridized carbons (Fsp3) is 0.727. The third kappa shape index (κ3) is 3.63. The van der Waals surface area contributed by atoms with Gasteiger partial charge in [-0.05, 0) is 26.2 Å². The third-order valence-electron chi connectivity index (χ3n) is 2.84. The van der Waals surface area contributed by atoms with Crippen molar-refractivity contribution in [2.75, 3.05) is 18.1 Å². The molecule has 1 aliphatic heterocycles. The molecule has 0 aromatic rings. The molecule has 1 atom stereocenters. The van der Waals surface area contributed by atoms with Gasteiger partial charge < -0.3 is 4.90 Å². The molecular weight excluding hydrogens is 226 g/mol. The second-order valence-corrected chi connectivity index (χ2v) is 6.38. The SMILES string of the molecule is C=CCS(=O)(=O)CC(=O)N1CCCCC1C. The van der Waals surface area contributed by atoms with Gasteiger partial charge in [-0.15, -0.1) is 6.58 Å². The first-order valence-electron chi connectivity index (χ1n) is 5.57. The van der Waals surface area contributed by atoms with Crippen LogP contribution in [-0.2, 0) is 14.6 Å². The normalized spacial score (nSPS) is 21.8. The molecule has 0 N–H and O–H groups in total. The molecule has 1 heterocycles. The lowest BCUT2D eigenvalue weighted by atomic mass is 10.0. The lowest BCUT2D eigenvalue weighted by Gasteiger charge is -2.33. The Morgan fingerprint density at radius 1 is 1.50 bits per heavy atom. The van der Waals surface area contributed by atoms with Crippen molar-refractivity contribution >= 4 is 15.7 Å². The van der Waals surface area contributed by atoms with Crippen molar-refractivity contribution in [3.8, 4) is 0 Å². The number of rotatable bonds is 4. The molecule has 0 spiro atoms. The fourth-order valence-electron chi connectivity index (χ4n) is 1.98. The molecule has 1 aliphatic rings. The standard InChI is InChI=1S/C11H19NO3S/c1-3-8-16(14,15)9-11(13)12-7-5-4-6-10(12)2/h3,10H,1,4-9H2,2H3. The van der Waals surface area contributed by atoms with Gasteiger partial charge in [-0.3, -0.25) is 4.79 Å². The number of likely N-dealkylation sites (tertiary alicyclic amines) is 1. The van der Waals surface area contributed by atoms with Crippen molar-refractivity contribution in [3.05, 3.63) is 12.7 Å². The molecule has 0 radical (unpaired) electrons. The van der Waals surface area contributed by atoms with E-state index in [4.69, 9.17) is 0 Å². The average molecular weight is 245 g/mol. The van der Waals surface area contributed by atoms with Crippen LogP contribution in [0.5, 0.6) is 0 Å². The van der Waals surface area contributed by atoms with Gasteiger partial charge in [0.15, 0.2) is 9.84 Å². The Labute approximate surface area is 97.2 Å². The van der Waals surface area contributed by atoms with Gasteiger partial charge in [-0.1, -0.05) is 6.08 Å². The molecule has 92 valence electrons. The summed E-state index contributed by atoms with van der Waals surface area (Å²) in [6, 6.07) is 0.167. The van der Waals surface area contributed by atoms with E-state index in [1.165, 1.54) is 6.08 Å². The van der Waals surface area contributed by atoms with Crippen LogP contribution in [0.2, 0.25) is 0 Å². The summed E-state index contributed by atoms with van der Waals surface area (Å²) in [5.41, 5.74) is 0. The van der Waals surface area contributed by atoms with Gasteiger partial charge in [0.2, 0.25) is 5.91 Å². The summed E-state index contributed by atoms with van der Waals surface area (Å²) in [5, 5.41) is 0. The van der Waals surface area contributed by atoms with Gasteiger partial charge >= 0.3 is 0 Å². The number of carbonyl (C=O) groups is 1. The Bertz CT molecular complexity index is 361. The topological polar surface area (TPSA) is 54.5 Å². The third-order valence-corrected chi connectivity index (χ3v) is 4.27. The van der Waals surface area contributed by atoms with Crippen molar-refractivity contribution in [1.29, 1.82) is 0 Å². The van der Waals surface area contributed by atoms with Gasteiger partial charge in [0.25, 0.3) is 0 Å². The van der Waals surface area contributed by atoms with E-state index in [9.17, 15) is 13.2 Å². The Hall–Kier alpha value is -0.840. The van der Waals surface area contributed by atoms with Crippen LogP contribution in [0, 0.1) is 0 Å². The summed E-state index contributed by atoms with van der Waals surface area (Å²) in [6.45, 7) is 6.03. The van der Waals surface area contributed by atoms with Crippen LogP contribution in [0.25, 0.3) is 0 Å². The highest BCUT2D eigenvalue weighted by Gasteiger charge is 2.26. The zero-order chi connectivity index (χ0) is 12.2. The number of carbonyl (C=O) groups excluding carboxylic acids is 1. The van der Waals surface area contributed by atoms with Crippen LogP contribution < -0.4 is 0 Å². The van der Waals surface area contributed by atoms with Crippen LogP contribution in [0.15, 0.2) is 12.7 Å². The lowest BCUT2D eigenvalue weighted by molar-refractivity contribution is -0.131. The molecule has 0 bridgehead atoms. The Morgan fingerprint density at radius 2 is 2.19 bits per heavy atom. The summed E-state index contributed by atoms with van der Waals surface area (Å²) in [7, 11) is -3.31. The summed E-state index contributed by atoms with van der Waals surface area (Å²) >= 11 is 0. The van der Waals surface area contributed by atoms with Gasteiger partial charge in [0.1, 0.15) is 5.75 Å². The molecule has 1 saturated heterocycles. The number of hydrogen-bond acceptors (Lipinski definition) is 3. The molecule has 1 fully saturated rings. The summed E-state index contributed by atoms with van der Waals surface area (Å²) in [4.78, 5) is 13.5. The maximum absolute atomic E-state index is 11.8. The van der Waals surface area contributed by atoms with E-state index >= 15 is 0 Å². The van der Waals surface area contributed by atoms with E-state index in [-0.39, 0.29) is 23.5 Å². The minimum atomic E-state index is -3.31. The smallest absolute Gasteiger partial charge is 0.238 e. The maximum Gasteiger partial charge on any atom is 0.238 e. The predicted octanol–water partition coefficient (Wildman–Crippen LogP) is 0.988. The van der Waals surface area contributed by atoms with Crippen molar-refractivity contribution in [2.45, 2.75) is 32.2 Å². The molecule has 16 heavy (non-hydrogen) atoms. The van der Waals surface area contributed by atoms with E-state index in [2.05, 4.69) is 6.58 Å². The molecular formula is C11H19NO3S. The van der Waals surface area contributed by atoms with Gasteiger partial charge in [-0.25, -0.2) is 8.42 Å². The zero-order valence-electron chi connectivity index (χ0n) is 9.68. The Kier molecular flexibility index (Phi) is 4.53. The first-order valence-corrected chi connectivity index (χ1v) is 7.39. The van der Waals surface area contributed by atoms with E-state index in [0.29, 0.717) is 6.54 Å². The van der Waals surface area contributed by atoms with E-state index < -0.39 is 9.84 Å². The lowest BCUT2D eigenvalue weighted by Crippen LogP contribution is -2.44. The number of hydrogen-bond donors (Lipinski definition) is 0. The molecule has 1 unspecified atom stereocenters. The first-order chi connectivity index (χ1) is 7.46. The molecule has 0 aromatic heterocycles. The minimum absolute atomic E-state index is 0.124. The quantitative estimate of drug-likeness (QED) is 0.694. The number of nitrogens with zero attached hydrogens (tertiary/aromatic N) is 1. The Balaban J connectivity index is 2.60. The second-order valence-electron chi connectivity index (χ2n) is 4.28. The van der Waals surface area contributed by atoms with Crippen molar-refractivity contribution in [2.24, 2.45) is 0 Å². The van der Waals surface area contributed by atoms with E-state index in [1.54, 1.807) is 4.90 Å². The molecule has 5 heteroatoms. The van der Waals surface area contributed by atoms with Gasteiger partial charge in [-0.2, -0.15) is 0 Å². The van der Waals surface area contributed by atoms with Crippen molar-refractivity contribution < 1.29 is 13.2 Å². The van der Waals surface area contributed by atoms with Gasteiger partial charge in [0, 0.05) is 12.6 Å².